The number of carbonyl (C=O) groups is 2. The summed E-state index contributed by atoms with van der Waals surface area (Å²) in [6, 6.07) is 19.4. The molecule has 4 rings (SSSR count). The average Bonchev–Trinajstić information content (AvgIpc) is 3.79. The predicted molar refractivity (Wildman–Crippen MR) is 164 cm³/mol. The Labute approximate surface area is 254 Å². The lowest BCUT2D eigenvalue weighted by Gasteiger charge is -2.34. The highest BCUT2D eigenvalue weighted by Crippen LogP contribution is 2.40. The Bertz CT molecular complexity index is 1320. The first kappa shape index (κ1) is 31.2. The van der Waals surface area contributed by atoms with Crippen LogP contribution in [0.25, 0.3) is 0 Å². The van der Waals surface area contributed by atoms with E-state index >= 15 is 0 Å². The Morgan fingerprint density at radius 2 is 1.26 bits per heavy atom. The summed E-state index contributed by atoms with van der Waals surface area (Å²) < 4.78 is 22.1. The summed E-state index contributed by atoms with van der Waals surface area (Å²) in [5, 5.41) is 11.7. The minimum Gasteiger partial charge on any atom is -0.497 e. The Kier molecular flexibility index (Phi) is 11.1. The van der Waals surface area contributed by atoms with Crippen molar-refractivity contribution in [3.05, 3.63) is 66.7 Å². The summed E-state index contributed by atoms with van der Waals surface area (Å²) >= 11 is 3.06. The number of ether oxygens (including phenoxy) is 4. The van der Waals surface area contributed by atoms with Gasteiger partial charge >= 0.3 is 18.2 Å². The van der Waals surface area contributed by atoms with Gasteiger partial charge in [-0.05, 0) is 93.4 Å². The van der Waals surface area contributed by atoms with Crippen LogP contribution in [-0.4, -0.2) is 51.6 Å². The van der Waals surface area contributed by atoms with Crippen molar-refractivity contribution in [3.8, 4) is 11.5 Å². The molecule has 0 aromatic heterocycles. The molecule has 0 saturated heterocycles. The maximum atomic E-state index is 12.7. The third kappa shape index (κ3) is 9.13. The van der Waals surface area contributed by atoms with E-state index in [2.05, 4.69) is 21.3 Å². The van der Waals surface area contributed by atoms with Gasteiger partial charge in [-0.15, -0.1) is 0 Å². The molecule has 3 aromatic rings. The molecule has 1 saturated carbocycles. The van der Waals surface area contributed by atoms with Crippen molar-refractivity contribution in [2.24, 2.45) is 0 Å². The van der Waals surface area contributed by atoms with Gasteiger partial charge in [-0.2, -0.15) is 0 Å². The van der Waals surface area contributed by atoms with Crippen LogP contribution in [0.3, 0.4) is 0 Å². The minimum absolute atomic E-state index is 0.00380. The molecule has 12 heteroatoms. The van der Waals surface area contributed by atoms with Crippen molar-refractivity contribution in [1.82, 2.24) is 16.0 Å². The molecule has 2 amide bonds. The molecule has 0 unspecified atom stereocenters. The van der Waals surface area contributed by atoms with Crippen LogP contribution in [0.4, 0.5) is 15.3 Å². The summed E-state index contributed by atoms with van der Waals surface area (Å²) in [7, 11) is 3.26. The van der Waals surface area contributed by atoms with Gasteiger partial charge in [0.05, 0.1) is 19.9 Å². The second kappa shape index (κ2) is 14.9. The zero-order chi connectivity index (χ0) is 30.0. The number of hydrogen-bond acceptors (Lipinski definition) is 10. The first-order valence-corrected chi connectivity index (χ1v) is 15.3. The number of benzene rings is 3. The second-order valence-electron chi connectivity index (χ2n) is 9.21. The molecule has 0 aliphatic heterocycles. The van der Waals surface area contributed by atoms with Crippen molar-refractivity contribution in [3.63, 3.8) is 0 Å². The first-order valence-electron chi connectivity index (χ1n) is 13.6. The summed E-state index contributed by atoms with van der Waals surface area (Å²) in [5.74, 6) is 1.52. The van der Waals surface area contributed by atoms with E-state index < -0.39 is 18.2 Å². The van der Waals surface area contributed by atoms with Crippen molar-refractivity contribution in [1.29, 1.82) is 0 Å². The van der Waals surface area contributed by atoms with E-state index in [0.29, 0.717) is 18.8 Å². The van der Waals surface area contributed by atoms with Gasteiger partial charge in [-0.25, -0.2) is 14.9 Å². The van der Waals surface area contributed by atoms with Crippen LogP contribution in [0, 0.1) is 0 Å². The number of anilines is 1. The van der Waals surface area contributed by atoms with Gasteiger partial charge in [0.1, 0.15) is 11.5 Å². The van der Waals surface area contributed by atoms with E-state index in [4.69, 9.17) is 18.9 Å². The number of nitrogens with one attached hydrogen (secondary N) is 4. The SMILES string of the molecule is CCNC(=O)OC(Nc1cc(Sc2ccc(OC)cc2)ccc1Sc1ccc(OC)cc1)(NC1CC1)OC(=O)NCC. The summed E-state index contributed by atoms with van der Waals surface area (Å²) in [6.07, 6.45) is 0.218. The van der Waals surface area contributed by atoms with Crippen LogP contribution < -0.4 is 30.7 Å². The molecular weight excluding hydrogens is 576 g/mol. The maximum absolute atomic E-state index is 12.7. The van der Waals surface area contributed by atoms with Gasteiger partial charge < -0.3 is 29.6 Å². The van der Waals surface area contributed by atoms with Crippen molar-refractivity contribution >= 4 is 41.4 Å². The molecule has 4 N–H and O–H groups in total. The molecule has 1 fully saturated rings. The maximum Gasteiger partial charge on any atom is 0.412 e. The topological polar surface area (TPSA) is 119 Å². The van der Waals surface area contributed by atoms with Gasteiger partial charge in [0.25, 0.3) is 0 Å². The molecule has 1 aliphatic rings. The summed E-state index contributed by atoms with van der Waals surface area (Å²) in [6.45, 7) is 4.23. The number of carbonyl (C=O) groups excluding carboxylic acids is 2. The molecule has 0 atom stereocenters. The normalized spacial score (nSPS) is 12.7. The quantitative estimate of drug-likeness (QED) is 0.155. The zero-order valence-electron chi connectivity index (χ0n) is 24.0. The predicted octanol–water partition coefficient (Wildman–Crippen LogP) is 6.27. The van der Waals surface area contributed by atoms with E-state index in [1.165, 1.54) is 11.8 Å². The molecule has 224 valence electrons. The van der Waals surface area contributed by atoms with Crippen molar-refractivity contribution in [2.75, 3.05) is 32.6 Å². The third-order valence-corrected chi connectivity index (χ3v) is 8.00. The van der Waals surface area contributed by atoms with E-state index in [9.17, 15) is 9.59 Å². The molecule has 0 radical (unpaired) electrons. The Morgan fingerprint density at radius 1 is 0.762 bits per heavy atom. The van der Waals surface area contributed by atoms with Crippen LogP contribution in [0.15, 0.2) is 86.3 Å². The number of rotatable bonds is 14. The molecule has 10 nitrogen and oxygen atoms in total. The fraction of sp³-hybridized carbons (Fsp3) is 0.333. The Hall–Kier alpha value is -3.74. The largest absolute Gasteiger partial charge is 0.497 e. The van der Waals surface area contributed by atoms with Crippen LogP contribution in [-0.2, 0) is 9.47 Å². The lowest BCUT2D eigenvalue weighted by atomic mass is 10.3. The van der Waals surface area contributed by atoms with Crippen LogP contribution in [0.1, 0.15) is 26.7 Å². The van der Waals surface area contributed by atoms with Crippen LogP contribution in [0.5, 0.6) is 11.5 Å². The second-order valence-corrected chi connectivity index (χ2v) is 11.5. The van der Waals surface area contributed by atoms with Gasteiger partial charge in [-0.1, -0.05) is 23.5 Å². The molecule has 0 bridgehead atoms. The highest BCUT2D eigenvalue weighted by molar-refractivity contribution is 8.00. The molecule has 0 heterocycles. The van der Waals surface area contributed by atoms with Gasteiger partial charge in [0, 0.05) is 38.7 Å². The fourth-order valence-corrected chi connectivity index (χ4v) is 5.51. The van der Waals surface area contributed by atoms with E-state index in [-0.39, 0.29) is 6.04 Å². The minimum atomic E-state index is -1.97. The highest BCUT2D eigenvalue weighted by atomic mass is 32.2. The Morgan fingerprint density at radius 3 is 1.74 bits per heavy atom. The van der Waals surface area contributed by atoms with E-state index in [1.54, 1.807) is 39.8 Å². The third-order valence-electron chi connectivity index (χ3n) is 5.92. The van der Waals surface area contributed by atoms with Gasteiger partial charge in [0.15, 0.2) is 0 Å². The summed E-state index contributed by atoms with van der Waals surface area (Å²) in [4.78, 5) is 29.2. The number of amides is 2. The molecule has 0 spiro atoms. The van der Waals surface area contributed by atoms with Crippen molar-refractivity contribution < 1.29 is 28.5 Å². The van der Waals surface area contributed by atoms with Gasteiger partial charge in [-0.3, -0.25) is 5.32 Å². The first-order chi connectivity index (χ1) is 20.3. The van der Waals surface area contributed by atoms with Crippen LogP contribution >= 0.6 is 23.5 Å². The molecule has 42 heavy (non-hydrogen) atoms. The molecule has 3 aromatic carbocycles. The number of methoxy groups -OCH3 is 2. The molecule has 1 aliphatic carbocycles. The summed E-state index contributed by atoms with van der Waals surface area (Å²) in [5.41, 5.74) is 0.594. The highest BCUT2D eigenvalue weighted by Gasteiger charge is 2.44. The average molecular weight is 613 g/mol. The number of hydrogen-bond donors (Lipinski definition) is 4. The fourth-order valence-electron chi connectivity index (χ4n) is 3.77. The lowest BCUT2D eigenvalue weighted by Crippen LogP contribution is -2.61. The monoisotopic (exact) mass is 612 g/mol. The van der Waals surface area contributed by atoms with E-state index in [0.717, 1.165) is 43.9 Å². The Balaban J connectivity index is 1.72. The van der Waals surface area contributed by atoms with Crippen LogP contribution in [0.2, 0.25) is 0 Å². The lowest BCUT2D eigenvalue weighted by molar-refractivity contribution is -0.164. The molecular formula is C30H36N4O6S2. The smallest absolute Gasteiger partial charge is 0.412 e. The standard InChI is InChI=1S/C30H36N4O6S2/c1-5-31-28(35)39-30(33-20-7-8-20,40-29(36)32-6-2)34-26-19-25(41-23-13-9-21(37-3)10-14-23)17-18-27(26)42-24-15-11-22(38-4)12-16-24/h9-20,33-34H,5-8H2,1-4H3,(H,31,35)(H,32,36). The number of alkyl carbamates (subject to hydrolysis) is 2. The van der Waals surface area contributed by atoms with Gasteiger partial charge in [0.2, 0.25) is 0 Å². The van der Waals surface area contributed by atoms with E-state index in [1.807, 2.05) is 66.7 Å². The van der Waals surface area contributed by atoms with Crippen molar-refractivity contribution in [2.45, 2.75) is 58.3 Å². The zero-order valence-corrected chi connectivity index (χ0v) is 25.7.